The Morgan fingerprint density at radius 1 is 1.35 bits per heavy atom. The van der Waals surface area contributed by atoms with Crippen LogP contribution < -0.4 is 5.32 Å². The molecule has 2 aliphatic heterocycles. The summed E-state index contributed by atoms with van der Waals surface area (Å²) in [5.41, 5.74) is 0. The molecule has 17 heavy (non-hydrogen) atoms. The molecule has 0 aromatic carbocycles. The van der Waals surface area contributed by atoms with Gasteiger partial charge in [0.05, 0.1) is 6.04 Å². The monoisotopic (exact) mass is 253 g/mol. The average Bonchev–Trinajstić information content (AvgIpc) is 3.02. The standard InChI is InChI=1S/C12H19N3OS/c1-2-5-13-10(3-1)12-14-11(15-16-12)7-9-4-6-17-8-9/h9-10,13H,1-8H2. The van der Waals surface area contributed by atoms with E-state index in [0.717, 1.165) is 37.0 Å². The van der Waals surface area contributed by atoms with E-state index in [1.54, 1.807) is 0 Å². The summed E-state index contributed by atoms with van der Waals surface area (Å²) < 4.78 is 5.38. The van der Waals surface area contributed by atoms with Gasteiger partial charge in [0.25, 0.3) is 0 Å². The Bertz CT molecular complexity index is 356. The normalized spacial score (nSPS) is 29.6. The largest absolute Gasteiger partial charge is 0.338 e. The van der Waals surface area contributed by atoms with Gasteiger partial charge in [-0.1, -0.05) is 11.6 Å². The van der Waals surface area contributed by atoms with Crippen LogP contribution in [0.15, 0.2) is 4.52 Å². The van der Waals surface area contributed by atoms with Gasteiger partial charge in [-0.05, 0) is 43.2 Å². The highest BCUT2D eigenvalue weighted by Gasteiger charge is 2.23. The number of nitrogens with zero attached hydrogens (tertiary/aromatic N) is 2. The second-order valence-corrected chi connectivity index (χ2v) is 6.13. The van der Waals surface area contributed by atoms with Crippen molar-refractivity contribution in [3.05, 3.63) is 11.7 Å². The molecule has 94 valence electrons. The summed E-state index contributed by atoms with van der Waals surface area (Å²) in [4.78, 5) is 4.55. The first-order valence-electron chi connectivity index (χ1n) is 6.55. The second-order valence-electron chi connectivity index (χ2n) is 4.99. The molecule has 2 fully saturated rings. The van der Waals surface area contributed by atoms with Crippen LogP contribution in [0.25, 0.3) is 0 Å². The maximum absolute atomic E-state index is 5.38. The molecule has 0 spiro atoms. The maximum Gasteiger partial charge on any atom is 0.243 e. The van der Waals surface area contributed by atoms with Gasteiger partial charge in [-0.15, -0.1) is 0 Å². The molecule has 2 saturated heterocycles. The summed E-state index contributed by atoms with van der Waals surface area (Å²) in [5.74, 6) is 5.00. The molecule has 2 unspecified atom stereocenters. The van der Waals surface area contributed by atoms with Crippen LogP contribution in [0, 0.1) is 5.92 Å². The lowest BCUT2D eigenvalue weighted by atomic mass is 10.0. The molecule has 0 aliphatic carbocycles. The van der Waals surface area contributed by atoms with Crippen molar-refractivity contribution in [1.82, 2.24) is 15.5 Å². The SMILES string of the molecule is C1CCC(c2nc(CC3CCSC3)no2)NC1. The van der Waals surface area contributed by atoms with Crippen molar-refractivity contribution in [3.63, 3.8) is 0 Å². The van der Waals surface area contributed by atoms with Gasteiger partial charge >= 0.3 is 0 Å². The highest BCUT2D eigenvalue weighted by atomic mass is 32.2. The van der Waals surface area contributed by atoms with Gasteiger partial charge in [-0.3, -0.25) is 0 Å². The number of piperidine rings is 1. The van der Waals surface area contributed by atoms with Crippen LogP contribution >= 0.6 is 11.8 Å². The summed E-state index contributed by atoms with van der Waals surface area (Å²) in [5, 5.41) is 7.56. The fourth-order valence-electron chi connectivity index (χ4n) is 2.56. The fourth-order valence-corrected chi connectivity index (χ4v) is 3.84. The summed E-state index contributed by atoms with van der Waals surface area (Å²) in [6.45, 7) is 1.07. The zero-order chi connectivity index (χ0) is 11.5. The van der Waals surface area contributed by atoms with Crippen LogP contribution in [0.4, 0.5) is 0 Å². The molecule has 2 aliphatic rings. The van der Waals surface area contributed by atoms with Crippen molar-refractivity contribution in [2.24, 2.45) is 5.92 Å². The zero-order valence-electron chi connectivity index (χ0n) is 10.0. The topological polar surface area (TPSA) is 51.0 Å². The molecular weight excluding hydrogens is 234 g/mol. The molecule has 0 bridgehead atoms. The Morgan fingerprint density at radius 3 is 3.12 bits per heavy atom. The third-order valence-corrected chi connectivity index (χ3v) is 4.82. The predicted octanol–water partition coefficient (Wildman–Crippen LogP) is 2.18. The second kappa shape index (κ2) is 5.40. The maximum atomic E-state index is 5.38. The van der Waals surface area contributed by atoms with Crippen molar-refractivity contribution >= 4 is 11.8 Å². The minimum Gasteiger partial charge on any atom is -0.338 e. The summed E-state index contributed by atoms with van der Waals surface area (Å²) in [6.07, 6.45) is 5.94. The number of aromatic nitrogens is 2. The molecule has 2 atom stereocenters. The van der Waals surface area contributed by atoms with Crippen LogP contribution in [-0.4, -0.2) is 28.2 Å². The molecule has 3 rings (SSSR count). The van der Waals surface area contributed by atoms with Crippen molar-refractivity contribution < 1.29 is 4.52 Å². The number of hydrogen-bond donors (Lipinski definition) is 1. The Hall–Kier alpha value is -0.550. The third kappa shape index (κ3) is 2.83. The molecule has 4 nitrogen and oxygen atoms in total. The van der Waals surface area contributed by atoms with Crippen LogP contribution in [-0.2, 0) is 6.42 Å². The fraction of sp³-hybridized carbons (Fsp3) is 0.833. The van der Waals surface area contributed by atoms with Crippen molar-refractivity contribution in [2.75, 3.05) is 18.1 Å². The van der Waals surface area contributed by atoms with E-state index >= 15 is 0 Å². The third-order valence-electron chi connectivity index (χ3n) is 3.59. The Morgan fingerprint density at radius 2 is 2.35 bits per heavy atom. The first kappa shape index (κ1) is 11.5. The van der Waals surface area contributed by atoms with Crippen molar-refractivity contribution in [1.29, 1.82) is 0 Å². The molecule has 3 heterocycles. The average molecular weight is 253 g/mol. The molecular formula is C12H19N3OS. The van der Waals surface area contributed by atoms with Crippen LogP contribution in [0.1, 0.15) is 43.4 Å². The summed E-state index contributed by atoms with van der Waals surface area (Å²) in [6, 6.07) is 0.294. The van der Waals surface area contributed by atoms with Gasteiger partial charge in [0, 0.05) is 6.42 Å². The van der Waals surface area contributed by atoms with Gasteiger partial charge in [0.2, 0.25) is 5.89 Å². The lowest BCUT2D eigenvalue weighted by Gasteiger charge is -2.19. The van der Waals surface area contributed by atoms with E-state index in [2.05, 4.69) is 15.5 Å². The molecule has 5 heteroatoms. The van der Waals surface area contributed by atoms with Gasteiger partial charge in [0.1, 0.15) is 0 Å². The molecule has 0 amide bonds. The van der Waals surface area contributed by atoms with E-state index in [-0.39, 0.29) is 0 Å². The number of thioether (sulfide) groups is 1. The summed E-state index contributed by atoms with van der Waals surface area (Å²) >= 11 is 2.04. The minimum atomic E-state index is 0.294. The Labute approximate surface area is 106 Å². The minimum absolute atomic E-state index is 0.294. The molecule has 0 saturated carbocycles. The van der Waals surface area contributed by atoms with Crippen molar-refractivity contribution in [2.45, 2.75) is 38.1 Å². The van der Waals surface area contributed by atoms with Gasteiger partial charge < -0.3 is 9.84 Å². The van der Waals surface area contributed by atoms with Crippen LogP contribution in [0.5, 0.6) is 0 Å². The smallest absolute Gasteiger partial charge is 0.243 e. The summed E-state index contributed by atoms with van der Waals surface area (Å²) in [7, 11) is 0. The van der Waals surface area contributed by atoms with Gasteiger partial charge in [-0.25, -0.2) is 0 Å². The van der Waals surface area contributed by atoms with Gasteiger partial charge in [0.15, 0.2) is 5.82 Å². The highest BCUT2D eigenvalue weighted by Crippen LogP contribution is 2.27. The molecule has 1 aromatic heterocycles. The Balaban J connectivity index is 1.60. The molecule has 1 N–H and O–H groups in total. The van der Waals surface area contributed by atoms with E-state index in [9.17, 15) is 0 Å². The molecule has 0 radical (unpaired) electrons. The van der Waals surface area contributed by atoms with E-state index < -0.39 is 0 Å². The van der Waals surface area contributed by atoms with E-state index in [4.69, 9.17) is 4.52 Å². The van der Waals surface area contributed by atoms with E-state index in [1.165, 1.54) is 30.8 Å². The highest BCUT2D eigenvalue weighted by molar-refractivity contribution is 7.99. The lowest BCUT2D eigenvalue weighted by molar-refractivity contribution is 0.295. The zero-order valence-corrected chi connectivity index (χ0v) is 10.8. The first-order chi connectivity index (χ1) is 8.42. The van der Waals surface area contributed by atoms with Crippen LogP contribution in [0.2, 0.25) is 0 Å². The van der Waals surface area contributed by atoms with Crippen LogP contribution in [0.3, 0.4) is 0 Å². The number of hydrogen-bond acceptors (Lipinski definition) is 5. The predicted molar refractivity (Wildman–Crippen MR) is 68.0 cm³/mol. The van der Waals surface area contributed by atoms with Gasteiger partial charge in [-0.2, -0.15) is 16.7 Å². The van der Waals surface area contributed by atoms with Crippen molar-refractivity contribution in [3.8, 4) is 0 Å². The van der Waals surface area contributed by atoms with E-state index in [0.29, 0.717) is 6.04 Å². The Kier molecular flexibility index (Phi) is 3.66. The van der Waals surface area contributed by atoms with E-state index in [1.807, 2.05) is 11.8 Å². The number of rotatable bonds is 3. The quantitative estimate of drug-likeness (QED) is 0.894. The number of nitrogens with one attached hydrogen (secondary N) is 1. The first-order valence-corrected chi connectivity index (χ1v) is 7.71. The molecule has 1 aromatic rings. The lowest BCUT2D eigenvalue weighted by Crippen LogP contribution is -2.27.